The summed E-state index contributed by atoms with van der Waals surface area (Å²) in [6.45, 7) is 3.13. The van der Waals surface area contributed by atoms with Crippen LogP contribution in [0.2, 0.25) is 0 Å². The Morgan fingerprint density at radius 3 is 2.50 bits per heavy atom. The third kappa shape index (κ3) is 4.25. The van der Waals surface area contributed by atoms with Crippen molar-refractivity contribution >= 4 is 11.6 Å². The second-order valence-electron chi connectivity index (χ2n) is 4.81. The Morgan fingerprint density at radius 2 is 1.86 bits per heavy atom. The van der Waals surface area contributed by atoms with Gasteiger partial charge in [0.05, 0.1) is 0 Å². The highest BCUT2D eigenvalue weighted by molar-refractivity contribution is 5.89. The van der Waals surface area contributed by atoms with Crippen molar-refractivity contribution in [3.05, 3.63) is 48.0 Å². The second-order valence-corrected chi connectivity index (χ2v) is 4.81. The standard InChI is InChI=1S/C16H14F3NO2/c1-10-6-7-15(22-16(17,18)19)14(8-10)12-4-3-5-13(9-12)20-11(2)21/h3-9H,1-2H3,(H,20,21). The van der Waals surface area contributed by atoms with Crippen molar-refractivity contribution in [1.82, 2.24) is 0 Å². The Bertz CT molecular complexity index is 696. The van der Waals surface area contributed by atoms with Crippen LogP contribution in [0.4, 0.5) is 18.9 Å². The average molecular weight is 309 g/mol. The van der Waals surface area contributed by atoms with Crippen LogP contribution in [0.25, 0.3) is 11.1 Å². The van der Waals surface area contributed by atoms with Crippen LogP contribution < -0.4 is 10.1 Å². The number of alkyl halides is 3. The van der Waals surface area contributed by atoms with Crippen molar-refractivity contribution < 1.29 is 22.7 Å². The van der Waals surface area contributed by atoms with E-state index in [1.165, 1.54) is 13.0 Å². The van der Waals surface area contributed by atoms with Gasteiger partial charge in [-0.1, -0.05) is 23.8 Å². The Hall–Kier alpha value is -2.50. The highest BCUT2D eigenvalue weighted by Crippen LogP contribution is 2.35. The first-order valence-corrected chi connectivity index (χ1v) is 6.49. The number of anilines is 1. The lowest BCUT2D eigenvalue weighted by molar-refractivity contribution is -0.274. The first kappa shape index (κ1) is 15.9. The fraction of sp³-hybridized carbons (Fsp3) is 0.188. The Morgan fingerprint density at radius 1 is 1.14 bits per heavy atom. The van der Waals surface area contributed by atoms with E-state index in [4.69, 9.17) is 0 Å². The van der Waals surface area contributed by atoms with Crippen LogP contribution in [0.15, 0.2) is 42.5 Å². The number of halogens is 3. The normalized spacial score (nSPS) is 11.1. The maximum atomic E-state index is 12.5. The van der Waals surface area contributed by atoms with E-state index >= 15 is 0 Å². The molecule has 1 N–H and O–H groups in total. The number of carbonyl (C=O) groups is 1. The number of rotatable bonds is 3. The molecule has 0 radical (unpaired) electrons. The topological polar surface area (TPSA) is 38.3 Å². The van der Waals surface area contributed by atoms with Crippen molar-refractivity contribution in [1.29, 1.82) is 0 Å². The molecule has 0 aliphatic rings. The van der Waals surface area contributed by atoms with Gasteiger partial charge in [-0.05, 0) is 36.8 Å². The summed E-state index contributed by atoms with van der Waals surface area (Å²) in [5.74, 6) is -0.536. The third-order valence-electron chi connectivity index (χ3n) is 2.85. The Kier molecular flexibility index (Phi) is 4.40. The maximum Gasteiger partial charge on any atom is 0.573 e. The van der Waals surface area contributed by atoms with Crippen LogP contribution in [0.5, 0.6) is 5.75 Å². The lowest BCUT2D eigenvalue weighted by atomic mass is 10.0. The van der Waals surface area contributed by atoms with Crippen molar-refractivity contribution in [2.75, 3.05) is 5.32 Å². The van der Waals surface area contributed by atoms with Crippen molar-refractivity contribution in [3.8, 4) is 16.9 Å². The number of aryl methyl sites for hydroxylation is 1. The Balaban J connectivity index is 2.47. The van der Waals surface area contributed by atoms with Gasteiger partial charge >= 0.3 is 6.36 Å². The molecular formula is C16H14F3NO2. The van der Waals surface area contributed by atoms with Gasteiger partial charge in [0.25, 0.3) is 0 Å². The molecule has 0 unspecified atom stereocenters. The molecule has 0 bridgehead atoms. The summed E-state index contributed by atoms with van der Waals surface area (Å²) in [5.41, 5.74) is 2.14. The summed E-state index contributed by atoms with van der Waals surface area (Å²) < 4.78 is 41.6. The van der Waals surface area contributed by atoms with E-state index < -0.39 is 6.36 Å². The van der Waals surface area contributed by atoms with Crippen molar-refractivity contribution in [2.24, 2.45) is 0 Å². The van der Waals surface area contributed by atoms with Crippen LogP contribution in [0.3, 0.4) is 0 Å². The molecule has 0 spiro atoms. The highest BCUT2D eigenvalue weighted by atomic mass is 19.4. The zero-order chi connectivity index (χ0) is 16.3. The molecule has 2 aromatic rings. The molecule has 0 heterocycles. The molecule has 0 fully saturated rings. The first-order valence-electron chi connectivity index (χ1n) is 6.49. The zero-order valence-corrected chi connectivity index (χ0v) is 12.0. The minimum absolute atomic E-state index is 0.256. The number of hydrogen-bond acceptors (Lipinski definition) is 2. The van der Waals surface area contributed by atoms with E-state index in [9.17, 15) is 18.0 Å². The minimum atomic E-state index is -4.76. The van der Waals surface area contributed by atoms with Gasteiger partial charge in [-0.25, -0.2) is 0 Å². The molecule has 3 nitrogen and oxygen atoms in total. The van der Waals surface area contributed by atoms with Gasteiger partial charge in [0, 0.05) is 18.2 Å². The van der Waals surface area contributed by atoms with Gasteiger partial charge in [0.2, 0.25) is 5.91 Å². The molecule has 0 aromatic heterocycles. The van der Waals surface area contributed by atoms with Gasteiger partial charge in [-0.3, -0.25) is 4.79 Å². The molecule has 0 atom stereocenters. The summed E-state index contributed by atoms with van der Waals surface area (Å²) in [5, 5.41) is 2.60. The SMILES string of the molecule is CC(=O)Nc1cccc(-c2cc(C)ccc2OC(F)(F)F)c1. The largest absolute Gasteiger partial charge is 0.573 e. The molecule has 0 aliphatic heterocycles. The number of carbonyl (C=O) groups excluding carboxylic acids is 1. The van der Waals surface area contributed by atoms with Gasteiger partial charge in [-0.15, -0.1) is 13.2 Å². The molecule has 0 aliphatic carbocycles. The lowest BCUT2D eigenvalue weighted by Crippen LogP contribution is -2.17. The molecule has 6 heteroatoms. The summed E-state index contributed by atoms with van der Waals surface area (Å²) in [4.78, 5) is 11.1. The maximum absolute atomic E-state index is 12.5. The number of benzene rings is 2. The minimum Gasteiger partial charge on any atom is -0.405 e. The Labute approximate surface area is 125 Å². The van der Waals surface area contributed by atoms with E-state index in [1.54, 1.807) is 43.3 Å². The summed E-state index contributed by atoms with van der Waals surface area (Å²) >= 11 is 0. The van der Waals surface area contributed by atoms with E-state index in [2.05, 4.69) is 10.1 Å². The number of ether oxygens (including phenoxy) is 1. The molecule has 22 heavy (non-hydrogen) atoms. The molecule has 1 amide bonds. The summed E-state index contributed by atoms with van der Waals surface area (Å²) in [7, 11) is 0. The van der Waals surface area contributed by atoms with Crippen LogP contribution in [0.1, 0.15) is 12.5 Å². The van der Waals surface area contributed by atoms with Crippen molar-refractivity contribution in [2.45, 2.75) is 20.2 Å². The van der Waals surface area contributed by atoms with E-state index in [0.717, 1.165) is 5.56 Å². The zero-order valence-electron chi connectivity index (χ0n) is 12.0. The van der Waals surface area contributed by atoms with E-state index in [1.807, 2.05) is 0 Å². The first-order chi connectivity index (χ1) is 10.2. The fourth-order valence-electron chi connectivity index (χ4n) is 2.05. The van der Waals surface area contributed by atoms with Gasteiger partial charge in [-0.2, -0.15) is 0 Å². The second kappa shape index (κ2) is 6.09. The van der Waals surface area contributed by atoms with Gasteiger partial charge in [0.1, 0.15) is 5.75 Å². The molecule has 0 saturated carbocycles. The third-order valence-corrected chi connectivity index (χ3v) is 2.85. The molecule has 2 aromatic carbocycles. The van der Waals surface area contributed by atoms with Crippen molar-refractivity contribution in [3.63, 3.8) is 0 Å². The average Bonchev–Trinajstić information content (AvgIpc) is 2.39. The monoisotopic (exact) mass is 309 g/mol. The van der Waals surface area contributed by atoms with Gasteiger partial charge in [0.15, 0.2) is 0 Å². The molecule has 116 valence electrons. The van der Waals surface area contributed by atoms with Gasteiger partial charge < -0.3 is 10.1 Å². The molecular weight excluding hydrogens is 295 g/mol. The molecule has 0 saturated heterocycles. The smallest absolute Gasteiger partial charge is 0.405 e. The summed E-state index contributed by atoms with van der Waals surface area (Å²) in [6, 6.07) is 11.0. The van der Waals surface area contributed by atoms with E-state index in [-0.39, 0.29) is 11.7 Å². The van der Waals surface area contributed by atoms with Crippen LogP contribution in [0, 0.1) is 6.92 Å². The predicted octanol–water partition coefficient (Wildman–Crippen LogP) is 4.52. The summed E-state index contributed by atoms with van der Waals surface area (Å²) in [6.07, 6.45) is -4.76. The van der Waals surface area contributed by atoms with Crippen LogP contribution in [-0.2, 0) is 4.79 Å². The van der Waals surface area contributed by atoms with E-state index in [0.29, 0.717) is 16.8 Å². The quantitative estimate of drug-likeness (QED) is 0.905. The predicted molar refractivity (Wildman–Crippen MR) is 77.6 cm³/mol. The number of nitrogens with one attached hydrogen (secondary N) is 1. The number of amides is 1. The van der Waals surface area contributed by atoms with Crippen LogP contribution in [-0.4, -0.2) is 12.3 Å². The lowest BCUT2D eigenvalue weighted by Gasteiger charge is -2.15. The molecule has 2 rings (SSSR count). The number of hydrogen-bond donors (Lipinski definition) is 1. The fourth-order valence-corrected chi connectivity index (χ4v) is 2.05. The van der Waals surface area contributed by atoms with Crippen LogP contribution >= 0.6 is 0 Å². The highest BCUT2D eigenvalue weighted by Gasteiger charge is 2.32.